The minimum absolute atomic E-state index is 0.0388. The van der Waals surface area contributed by atoms with Gasteiger partial charge in [0.05, 0.1) is 16.5 Å². The van der Waals surface area contributed by atoms with Crippen molar-refractivity contribution in [1.29, 1.82) is 0 Å². The zero-order valence-corrected chi connectivity index (χ0v) is 15.7. The van der Waals surface area contributed by atoms with Gasteiger partial charge in [0, 0.05) is 11.1 Å². The van der Waals surface area contributed by atoms with Gasteiger partial charge in [-0.2, -0.15) is 0 Å². The van der Waals surface area contributed by atoms with Crippen molar-refractivity contribution in [3.8, 4) is 22.6 Å². The Labute approximate surface area is 161 Å². The van der Waals surface area contributed by atoms with Crippen molar-refractivity contribution in [3.63, 3.8) is 0 Å². The number of aromatic amines is 1. The topological polar surface area (TPSA) is 112 Å². The molecule has 0 saturated heterocycles. The molecule has 0 spiro atoms. The number of nitrogens with one attached hydrogen (secondary N) is 1. The third kappa shape index (κ3) is 3.19. The number of hydrogen-bond donors (Lipinski definition) is 2. The summed E-state index contributed by atoms with van der Waals surface area (Å²) in [5.41, 5.74) is 2.01. The first-order valence-electron chi connectivity index (χ1n) is 8.45. The molecule has 0 aliphatic carbocycles. The molecule has 0 aliphatic rings. The van der Waals surface area contributed by atoms with Crippen LogP contribution in [-0.2, 0) is 10.0 Å². The fourth-order valence-corrected chi connectivity index (χ4v) is 3.63. The molecule has 0 fully saturated rings. The molecule has 2 aromatic heterocycles. The first-order valence-corrected chi connectivity index (χ1v) is 9.99. The molecular formula is C20H17N3O4S. The van der Waals surface area contributed by atoms with Crippen molar-refractivity contribution in [2.24, 2.45) is 5.14 Å². The highest BCUT2D eigenvalue weighted by molar-refractivity contribution is 7.89. The van der Waals surface area contributed by atoms with Crippen LogP contribution in [0.5, 0.6) is 11.5 Å². The number of nitrogens with zero attached hydrogens (tertiary/aromatic N) is 1. The summed E-state index contributed by atoms with van der Waals surface area (Å²) in [6.07, 6.45) is 1.66. The summed E-state index contributed by atoms with van der Waals surface area (Å²) in [7, 11) is -3.91. The van der Waals surface area contributed by atoms with E-state index in [1.807, 2.05) is 18.2 Å². The number of nitrogens with two attached hydrogens (primary N) is 1. The summed E-state index contributed by atoms with van der Waals surface area (Å²) >= 11 is 0. The van der Waals surface area contributed by atoms with Crippen molar-refractivity contribution in [2.75, 3.05) is 0 Å². The Morgan fingerprint density at radius 2 is 1.79 bits per heavy atom. The van der Waals surface area contributed by atoms with Crippen molar-refractivity contribution in [3.05, 3.63) is 77.8 Å². The molecule has 4 aromatic rings. The molecule has 28 heavy (non-hydrogen) atoms. The first-order chi connectivity index (χ1) is 13.3. The molecule has 0 aliphatic heterocycles. The lowest BCUT2D eigenvalue weighted by atomic mass is 10.0. The molecule has 0 amide bonds. The van der Waals surface area contributed by atoms with Gasteiger partial charge in [0.1, 0.15) is 17.2 Å². The first kappa shape index (κ1) is 18.0. The standard InChI is InChI=1S/C20H17N3O4S/c1-13-11-17(16-9-10-22-20(16)23(13)24)18-12-15(28(21,25)26)7-8-19(18)27-14-5-3-2-4-6-14/h2-12,22H,1H3,(H2,21,25,26). The number of H-pyrrole nitrogens is 1. The quantitative estimate of drug-likeness (QED) is 0.408. The van der Waals surface area contributed by atoms with Crippen LogP contribution >= 0.6 is 0 Å². The van der Waals surface area contributed by atoms with E-state index in [0.29, 0.717) is 39.4 Å². The fraction of sp³-hybridized carbons (Fsp3) is 0.0500. The van der Waals surface area contributed by atoms with Gasteiger partial charge in [0.15, 0.2) is 0 Å². The molecular weight excluding hydrogens is 378 g/mol. The second-order valence-electron chi connectivity index (χ2n) is 6.35. The van der Waals surface area contributed by atoms with Gasteiger partial charge in [-0.05, 0) is 49.4 Å². The summed E-state index contributed by atoms with van der Waals surface area (Å²) in [6.45, 7) is 1.68. The SMILES string of the molecule is Cc1cc(-c2cc(S(N)(=O)=O)ccc2Oc2ccccc2)c2cc[nH]c2[n+]1[O-]. The molecule has 4 rings (SSSR count). The minimum atomic E-state index is -3.91. The summed E-state index contributed by atoms with van der Waals surface area (Å²) in [5.74, 6) is 1.05. The molecule has 0 atom stereocenters. The average Bonchev–Trinajstić information content (AvgIpc) is 3.15. The molecule has 0 saturated carbocycles. The van der Waals surface area contributed by atoms with Crippen molar-refractivity contribution in [2.45, 2.75) is 11.8 Å². The number of sulfonamides is 1. The molecule has 0 bridgehead atoms. The highest BCUT2D eigenvalue weighted by Gasteiger charge is 2.20. The molecule has 0 radical (unpaired) electrons. The van der Waals surface area contributed by atoms with E-state index >= 15 is 0 Å². The van der Waals surface area contributed by atoms with E-state index in [4.69, 9.17) is 9.88 Å². The lowest BCUT2D eigenvalue weighted by Crippen LogP contribution is -2.31. The van der Waals surface area contributed by atoms with Crippen LogP contribution in [0.2, 0.25) is 0 Å². The summed E-state index contributed by atoms with van der Waals surface area (Å²) in [6, 6.07) is 17.0. The monoisotopic (exact) mass is 395 g/mol. The third-order valence-corrected chi connectivity index (χ3v) is 5.34. The zero-order valence-electron chi connectivity index (χ0n) is 14.9. The number of hydrogen-bond acceptors (Lipinski definition) is 4. The smallest absolute Gasteiger partial charge is 0.290 e. The Bertz CT molecular complexity index is 1280. The van der Waals surface area contributed by atoms with Gasteiger partial charge in [-0.1, -0.05) is 18.2 Å². The van der Waals surface area contributed by atoms with E-state index < -0.39 is 10.0 Å². The Balaban J connectivity index is 1.99. The fourth-order valence-electron chi connectivity index (χ4n) is 3.09. The van der Waals surface area contributed by atoms with Crippen LogP contribution in [0.25, 0.3) is 22.2 Å². The molecule has 0 unspecified atom stereocenters. The van der Waals surface area contributed by atoms with E-state index in [1.165, 1.54) is 12.1 Å². The van der Waals surface area contributed by atoms with Gasteiger partial charge < -0.3 is 9.94 Å². The predicted octanol–water partition coefficient (Wildman–Crippen LogP) is 3.22. The molecule has 3 N–H and O–H groups in total. The van der Waals surface area contributed by atoms with E-state index in [0.717, 1.165) is 4.73 Å². The highest BCUT2D eigenvalue weighted by Crippen LogP contribution is 2.38. The van der Waals surface area contributed by atoms with Gasteiger partial charge in [0.25, 0.3) is 5.65 Å². The Kier molecular flexibility index (Phi) is 4.29. The number of ether oxygens (including phenoxy) is 1. The minimum Gasteiger partial charge on any atom is -0.710 e. The average molecular weight is 395 g/mol. The number of para-hydroxylation sites is 1. The van der Waals surface area contributed by atoms with Gasteiger partial charge in [-0.15, -0.1) is 0 Å². The second kappa shape index (κ2) is 6.66. The van der Waals surface area contributed by atoms with Crippen LogP contribution in [0.1, 0.15) is 5.69 Å². The van der Waals surface area contributed by atoms with Crippen LogP contribution in [0.4, 0.5) is 0 Å². The summed E-state index contributed by atoms with van der Waals surface area (Å²) in [4.78, 5) is 2.88. The number of aromatic nitrogens is 2. The number of fused-ring (bicyclic) bond motifs is 1. The van der Waals surface area contributed by atoms with Crippen molar-refractivity contribution in [1.82, 2.24) is 4.98 Å². The van der Waals surface area contributed by atoms with Gasteiger partial charge in [-0.25, -0.2) is 23.3 Å². The molecule has 2 heterocycles. The van der Waals surface area contributed by atoms with Crippen molar-refractivity contribution < 1.29 is 17.9 Å². The Morgan fingerprint density at radius 3 is 2.50 bits per heavy atom. The maximum atomic E-state index is 12.3. The Hall–Kier alpha value is -3.36. The van der Waals surface area contributed by atoms with Gasteiger partial charge in [0.2, 0.25) is 10.0 Å². The normalized spacial score (nSPS) is 11.6. The number of benzene rings is 2. The third-order valence-electron chi connectivity index (χ3n) is 4.43. The lowest BCUT2D eigenvalue weighted by Gasteiger charge is -2.15. The highest BCUT2D eigenvalue weighted by atomic mass is 32.2. The molecule has 8 heteroatoms. The summed E-state index contributed by atoms with van der Waals surface area (Å²) < 4.78 is 30.6. The maximum Gasteiger partial charge on any atom is 0.290 e. The van der Waals surface area contributed by atoms with Gasteiger partial charge in [-0.3, -0.25) is 0 Å². The Morgan fingerprint density at radius 1 is 1.04 bits per heavy atom. The van der Waals surface area contributed by atoms with E-state index in [2.05, 4.69) is 4.98 Å². The number of rotatable bonds is 4. The van der Waals surface area contributed by atoms with E-state index in [1.54, 1.807) is 43.5 Å². The summed E-state index contributed by atoms with van der Waals surface area (Å²) in [5, 5.41) is 18.3. The van der Waals surface area contributed by atoms with Crippen LogP contribution < -0.4 is 14.6 Å². The maximum absolute atomic E-state index is 12.3. The van der Waals surface area contributed by atoms with Crippen LogP contribution in [-0.4, -0.2) is 13.4 Å². The van der Waals surface area contributed by atoms with Crippen LogP contribution in [0.3, 0.4) is 0 Å². The number of primary sulfonamides is 1. The number of pyridine rings is 1. The number of aryl methyl sites for hydroxylation is 1. The zero-order chi connectivity index (χ0) is 19.9. The van der Waals surface area contributed by atoms with Crippen LogP contribution in [0, 0.1) is 12.1 Å². The predicted molar refractivity (Wildman–Crippen MR) is 105 cm³/mol. The van der Waals surface area contributed by atoms with Crippen molar-refractivity contribution >= 4 is 21.1 Å². The lowest BCUT2D eigenvalue weighted by molar-refractivity contribution is -0.586. The second-order valence-corrected chi connectivity index (χ2v) is 7.91. The van der Waals surface area contributed by atoms with E-state index in [-0.39, 0.29) is 4.90 Å². The largest absolute Gasteiger partial charge is 0.710 e. The molecule has 142 valence electrons. The van der Waals surface area contributed by atoms with Gasteiger partial charge >= 0.3 is 0 Å². The van der Waals surface area contributed by atoms with E-state index in [9.17, 15) is 13.6 Å². The van der Waals surface area contributed by atoms with Crippen LogP contribution in [0.15, 0.2) is 71.8 Å². The molecule has 7 nitrogen and oxygen atoms in total. The molecule has 2 aromatic carbocycles.